The first-order valence-corrected chi connectivity index (χ1v) is 5.42. The van der Waals surface area contributed by atoms with E-state index in [4.69, 9.17) is 0 Å². The third-order valence-electron chi connectivity index (χ3n) is 3.29. The number of ketones is 2. The van der Waals surface area contributed by atoms with E-state index in [-0.39, 0.29) is 17.1 Å². The molecule has 0 aliphatic heterocycles. The lowest BCUT2D eigenvalue weighted by molar-refractivity contribution is -0.126. The predicted octanol–water partition coefficient (Wildman–Crippen LogP) is 2.84. The molecule has 0 unspecified atom stereocenters. The second kappa shape index (κ2) is 4.56. The van der Waals surface area contributed by atoms with Crippen molar-refractivity contribution in [1.29, 1.82) is 0 Å². The Labute approximate surface area is 91.1 Å². The van der Waals surface area contributed by atoms with Crippen LogP contribution in [0.3, 0.4) is 0 Å². The van der Waals surface area contributed by atoms with Gasteiger partial charge in [0.15, 0.2) is 11.6 Å². The molecule has 0 aromatic carbocycles. The van der Waals surface area contributed by atoms with Crippen molar-refractivity contribution in [3.05, 3.63) is 24.8 Å². The minimum Gasteiger partial charge on any atom is -0.294 e. The van der Waals surface area contributed by atoms with Gasteiger partial charge in [-0.25, -0.2) is 0 Å². The Balaban J connectivity index is 2.90. The Kier molecular flexibility index (Phi) is 3.61. The highest BCUT2D eigenvalue weighted by molar-refractivity contribution is 6.21. The summed E-state index contributed by atoms with van der Waals surface area (Å²) < 4.78 is 0. The molecule has 0 aromatic heterocycles. The van der Waals surface area contributed by atoms with Crippen LogP contribution in [-0.2, 0) is 9.59 Å². The van der Waals surface area contributed by atoms with Crippen LogP contribution in [0.25, 0.3) is 0 Å². The lowest BCUT2D eigenvalue weighted by Gasteiger charge is -2.33. The van der Waals surface area contributed by atoms with E-state index in [1.165, 1.54) is 6.92 Å². The summed E-state index contributed by atoms with van der Waals surface area (Å²) in [6.45, 7) is 8.71. The van der Waals surface area contributed by atoms with Gasteiger partial charge in [-0.1, -0.05) is 31.9 Å². The monoisotopic (exact) mass is 206 g/mol. The molecular weight excluding hydrogens is 188 g/mol. The van der Waals surface area contributed by atoms with Crippen LogP contribution in [0.15, 0.2) is 24.8 Å². The molecule has 1 saturated carbocycles. The predicted molar refractivity (Wildman–Crippen MR) is 60.5 cm³/mol. The fourth-order valence-corrected chi connectivity index (χ4v) is 2.17. The molecule has 0 amide bonds. The lowest BCUT2D eigenvalue weighted by atomic mass is 9.69. The zero-order chi connectivity index (χ0) is 11.5. The summed E-state index contributed by atoms with van der Waals surface area (Å²) in [6.07, 6.45) is 6.55. The minimum absolute atomic E-state index is 0.121. The van der Waals surface area contributed by atoms with Crippen LogP contribution in [0.2, 0.25) is 0 Å². The molecule has 0 heterocycles. The van der Waals surface area contributed by atoms with Crippen LogP contribution in [0.4, 0.5) is 0 Å². The Hall–Kier alpha value is -1.18. The first kappa shape index (κ1) is 11.9. The third kappa shape index (κ3) is 2.25. The van der Waals surface area contributed by atoms with E-state index in [2.05, 4.69) is 13.2 Å². The number of hydrogen-bond donors (Lipinski definition) is 0. The minimum atomic E-state index is -0.513. The number of allylic oxidation sites excluding steroid dienone is 2. The van der Waals surface area contributed by atoms with Crippen LogP contribution in [0, 0.1) is 5.41 Å². The van der Waals surface area contributed by atoms with Crippen LogP contribution >= 0.6 is 0 Å². The Morgan fingerprint density at radius 3 is 2.13 bits per heavy atom. The fourth-order valence-electron chi connectivity index (χ4n) is 2.17. The summed E-state index contributed by atoms with van der Waals surface area (Å²) in [7, 11) is 0. The number of hydrogen-bond acceptors (Lipinski definition) is 2. The van der Waals surface area contributed by atoms with E-state index in [1.54, 1.807) is 6.08 Å². The van der Waals surface area contributed by atoms with Crippen molar-refractivity contribution >= 4 is 11.6 Å². The number of carbonyl (C=O) groups is 2. The molecule has 0 bridgehead atoms. The molecule has 15 heavy (non-hydrogen) atoms. The van der Waals surface area contributed by atoms with E-state index < -0.39 is 5.41 Å². The molecule has 82 valence electrons. The SMILES string of the molecule is C=CC1(C(=O)C(=C)C(C)=O)CCCCC1. The highest BCUT2D eigenvalue weighted by atomic mass is 16.1. The summed E-state index contributed by atoms with van der Waals surface area (Å²) in [5, 5.41) is 0. The van der Waals surface area contributed by atoms with Gasteiger partial charge in [0.2, 0.25) is 0 Å². The van der Waals surface area contributed by atoms with Crippen LogP contribution in [-0.4, -0.2) is 11.6 Å². The standard InChI is InChI=1S/C13H18O2/c1-4-13(8-6-5-7-9-13)12(15)10(2)11(3)14/h4H,1-2,5-9H2,3H3. The molecule has 0 aromatic rings. The Morgan fingerprint density at radius 2 is 1.73 bits per heavy atom. The van der Waals surface area contributed by atoms with Crippen molar-refractivity contribution in [2.24, 2.45) is 5.41 Å². The highest BCUT2D eigenvalue weighted by Crippen LogP contribution is 2.39. The first-order chi connectivity index (χ1) is 7.03. The molecule has 1 rings (SSSR count). The number of Topliss-reactive ketones (excluding diaryl/α,β-unsaturated/α-hetero) is 2. The molecule has 2 heteroatoms. The van der Waals surface area contributed by atoms with Crippen molar-refractivity contribution < 1.29 is 9.59 Å². The topological polar surface area (TPSA) is 34.1 Å². The average Bonchev–Trinajstić information content (AvgIpc) is 2.27. The van der Waals surface area contributed by atoms with Gasteiger partial charge < -0.3 is 0 Å². The lowest BCUT2D eigenvalue weighted by Crippen LogP contribution is -2.33. The largest absolute Gasteiger partial charge is 0.294 e. The van der Waals surface area contributed by atoms with Gasteiger partial charge in [-0.05, 0) is 19.8 Å². The molecule has 0 radical (unpaired) electrons. The maximum absolute atomic E-state index is 12.1. The van der Waals surface area contributed by atoms with E-state index in [0.29, 0.717) is 0 Å². The highest BCUT2D eigenvalue weighted by Gasteiger charge is 2.38. The van der Waals surface area contributed by atoms with Crippen molar-refractivity contribution in [3.8, 4) is 0 Å². The van der Waals surface area contributed by atoms with Crippen molar-refractivity contribution in [3.63, 3.8) is 0 Å². The molecule has 2 nitrogen and oxygen atoms in total. The van der Waals surface area contributed by atoms with E-state index >= 15 is 0 Å². The molecule has 1 aliphatic carbocycles. The van der Waals surface area contributed by atoms with Gasteiger partial charge in [0.25, 0.3) is 0 Å². The first-order valence-electron chi connectivity index (χ1n) is 5.42. The summed E-state index contributed by atoms with van der Waals surface area (Å²) in [6, 6.07) is 0. The van der Waals surface area contributed by atoms with Gasteiger partial charge in [0, 0.05) is 0 Å². The Bertz CT molecular complexity index is 306. The molecule has 0 spiro atoms. The third-order valence-corrected chi connectivity index (χ3v) is 3.29. The molecule has 0 N–H and O–H groups in total. The number of carbonyl (C=O) groups excluding carboxylic acids is 2. The summed E-state index contributed by atoms with van der Waals surface area (Å²) >= 11 is 0. The maximum Gasteiger partial charge on any atom is 0.175 e. The second-order valence-electron chi connectivity index (χ2n) is 4.28. The zero-order valence-electron chi connectivity index (χ0n) is 9.34. The zero-order valence-corrected chi connectivity index (χ0v) is 9.34. The maximum atomic E-state index is 12.1. The normalized spacial score (nSPS) is 19.3. The Morgan fingerprint density at radius 1 is 1.20 bits per heavy atom. The second-order valence-corrected chi connectivity index (χ2v) is 4.28. The molecule has 1 fully saturated rings. The van der Waals surface area contributed by atoms with Gasteiger partial charge in [-0.2, -0.15) is 0 Å². The molecule has 0 atom stereocenters. The van der Waals surface area contributed by atoms with Crippen molar-refractivity contribution in [2.75, 3.05) is 0 Å². The van der Waals surface area contributed by atoms with Crippen molar-refractivity contribution in [2.45, 2.75) is 39.0 Å². The van der Waals surface area contributed by atoms with Gasteiger partial charge in [0.05, 0.1) is 11.0 Å². The van der Waals surface area contributed by atoms with E-state index in [1.807, 2.05) is 0 Å². The van der Waals surface area contributed by atoms with E-state index in [9.17, 15) is 9.59 Å². The fraction of sp³-hybridized carbons (Fsp3) is 0.538. The summed E-state index contributed by atoms with van der Waals surface area (Å²) in [4.78, 5) is 23.2. The average molecular weight is 206 g/mol. The quantitative estimate of drug-likeness (QED) is 0.307. The molecule has 0 saturated heterocycles. The number of rotatable bonds is 4. The van der Waals surface area contributed by atoms with Crippen molar-refractivity contribution in [1.82, 2.24) is 0 Å². The summed E-state index contributed by atoms with van der Waals surface area (Å²) in [5.41, 5.74) is -0.391. The smallest absolute Gasteiger partial charge is 0.175 e. The van der Waals surface area contributed by atoms with Gasteiger partial charge in [-0.3, -0.25) is 9.59 Å². The molecular formula is C13H18O2. The van der Waals surface area contributed by atoms with Crippen LogP contribution in [0.1, 0.15) is 39.0 Å². The molecule has 1 aliphatic rings. The van der Waals surface area contributed by atoms with Gasteiger partial charge in [0.1, 0.15) is 0 Å². The van der Waals surface area contributed by atoms with Gasteiger partial charge in [-0.15, -0.1) is 6.58 Å². The van der Waals surface area contributed by atoms with Gasteiger partial charge >= 0.3 is 0 Å². The van der Waals surface area contributed by atoms with Crippen LogP contribution in [0.5, 0.6) is 0 Å². The summed E-state index contributed by atoms with van der Waals surface area (Å²) in [5.74, 6) is -0.350. The van der Waals surface area contributed by atoms with Crippen LogP contribution < -0.4 is 0 Å². The van der Waals surface area contributed by atoms with E-state index in [0.717, 1.165) is 32.1 Å².